The van der Waals surface area contributed by atoms with Crippen LogP contribution >= 0.6 is 0 Å². The molecule has 1 unspecified atom stereocenters. The predicted octanol–water partition coefficient (Wildman–Crippen LogP) is 4.57. The summed E-state index contributed by atoms with van der Waals surface area (Å²) in [6, 6.07) is 17.4. The summed E-state index contributed by atoms with van der Waals surface area (Å²) in [5.41, 5.74) is 3.66. The minimum Gasteiger partial charge on any atom is -0.495 e. The summed E-state index contributed by atoms with van der Waals surface area (Å²) < 4.78 is 5.50. The predicted molar refractivity (Wildman–Crippen MR) is 83.3 cm³/mol. The molecule has 0 saturated heterocycles. The first-order valence-corrected chi connectivity index (χ1v) is 7.24. The second kappa shape index (κ2) is 5.58. The van der Waals surface area contributed by atoms with Crippen LogP contribution in [0.4, 0.5) is 5.69 Å². The monoisotopic (exact) mass is 267 g/mol. The number of hydrogen-bond acceptors (Lipinski definition) is 2. The molecule has 1 fully saturated rings. The second-order valence-corrected chi connectivity index (χ2v) is 5.57. The second-order valence-electron chi connectivity index (χ2n) is 5.57. The lowest BCUT2D eigenvalue weighted by molar-refractivity contribution is 0.415. The van der Waals surface area contributed by atoms with Gasteiger partial charge in [0.1, 0.15) is 5.75 Å². The van der Waals surface area contributed by atoms with Gasteiger partial charge >= 0.3 is 0 Å². The van der Waals surface area contributed by atoms with Crippen LogP contribution in [-0.2, 0) is 0 Å². The molecule has 3 rings (SSSR count). The molecule has 0 aromatic heterocycles. The lowest BCUT2D eigenvalue weighted by atomic mass is 10.0. The van der Waals surface area contributed by atoms with Crippen molar-refractivity contribution in [2.45, 2.75) is 25.8 Å². The molecule has 0 amide bonds. The minimum atomic E-state index is 0.382. The molecule has 1 saturated carbocycles. The van der Waals surface area contributed by atoms with Crippen LogP contribution in [-0.4, -0.2) is 7.11 Å². The quantitative estimate of drug-likeness (QED) is 0.857. The van der Waals surface area contributed by atoms with E-state index in [2.05, 4.69) is 60.8 Å². The van der Waals surface area contributed by atoms with Gasteiger partial charge in [0.05, 0.1) is 18.8 Å². The van der Waals surface area contributed by atoms with Crippen LogP contribution in [0.25, 0.3) is 0 Å². The lowest BCUT2D eigenvalue weighted by Crippen LogP contribution is -2.13. The molecule has 1 atom stereocenters. The Morgan fingerprint density at radius 2 is 1.85 bits per heavy atom. The Balaban J connectivity index is 1.87. The normalized spacial score (nSPS) is 15.7. The van der Waals surface area contributed by atoms with Gasteiger partial charge in [-0.1, -0.05) is 36.4 Å². The van der Waals surface area contributed by atoms with Crippen molar-refractivity contribution in [2.24, 2.45) is 5.92 Å². The number of aryl methyl sites for hydroxylation is 1. The van der Waals surface area contributed by atoms with E-state index in [0.29, 0.717) is 6.04 Å². The topological polar surface area (TPSA) is 21.3 Å². The largest absolute Gasteiger partial charge is 0.495 e. The van der Waals surface area contributed by atoms with E-state index in [9.17, 15) is 0 Å². The maximum Gasteiger partial charge on any atom is 0.142 e. The van der Waals surface area contributed by atoms with Gasteiger partial charge in [-0.15, -0.1) is 0 Å². The number of nitrogens with one attached hydrogen (secondary N) is 1. The molecule has 0 aliphatic heterocycles. The average molecular weight is 267 g/mol. The first-order chi connectivity index (χ1) is 9.78. The van der Waals surface area contributed by atoms with Gasteiger partial charge in [0.25, 0.3) is 0 Å². The molecule has 0 spiro atoms. The highest BCUT2D eigenvalue weighted by molar-refractivity contribution is 5.59. The van der Waals surface area contributed by atoms with Crippen LogP contribution in [0.2, 0.25) is 0 Å². The van der Waals surface area contributed by atoms with Gasteiger partial charge in [-0.3, -0.25) is 0 Å². The SMILES string of the molecule is COc1cc(C)ccc1NC(c1ccccc1)C1CC1. The van der Waals surface area contributed by atoms with Gasteiger partial charge in [-0.05, 0) is 48.9 Å². The lowest BCUT2D eigenvalue weighted by Gasteiger charge is -2.22. The summed E-state index contributed by atoms with van der Waals surface area (Å²) in [6.45, 7) is 2.09. The highest BCUT2D eigenvalue weighted by Gasteiger charge is 2.32. The zero-order chi connectivity index (χ0) is 13.9. The van der Waals surface area contributed by atoms with E-state index in [-0.39, 0.29) is 0 Å². The highest BCUT2D eigenvalue weighted by atomic mass is 16.5. The average Bonchev–Trinajstić information content (AvgIpc) is 3.31. The fraction of sp³-hybridized carbons (Fsp3) is 0.333. The standard InChI is InChI=1S/C18H21NO/c1-13-8-11-16(17(12-13)20-2)19-18(15-9-10-15)14-6-4-3-5-7-14/h3-8,11-12,15,18-19H,9-10H2,1-2H3. The van der Waals surface area contributed by atoms with E-state index in [4.69, 9.17) is 4.74 Å². The molecule has 1 aliphatic carbocycles. The Morgan fingerprint density at radius 1 is 1.10 bits per heavy atom. The minimum absolute atomic E-state index is 0.382. The molecule has 0 heterocycles. The van der Waals surface area contributed by atoms with Crippen molar-refractivity contribution in [3.63, 3.8) is 0 Å². The number of hydrogen-bond donors (Lipinski definition) is 1. The van der Waals surface area contributed by atoms with Crippen molar-refractivity contribution < 1.29 is 4.74 Å². The molecule has 2 aromatic carbocycles. The molecule has 2 aromatic rings. The fourth-order valence-corrected chi connectivity index (χ4v) is 2.65. The van der Waals surface area contributed by atoms with Gasteiger partial charge in [-0.2, -0.15) is 0 Å². The number of ether oxygens (including phenoxy) is 1. The Hall–Kier alpha value is -1.96. The van der Waals surface area contributed by atoms with Crippen LogP contribution in [0.1, 0.15) is 30.0 Å². The van der Waals surface area contributed by atoms with Crippen LogP contribution in [0, 0.1) is 12.8 Å². The maximum atomic E-state index is 5.50. The van der Waals surface area contributed by atoms with E-state index in [1.165, 1.54) is 24.0 Å². The molecule has 104 valence electrons. The molecule has 1 N–H and O–H groups in total. The number of rotatable bonds is 5. The zero-order valence-corrected chi connectivity index (χ0v) is 12.1. The van der Waals surface area contributed by atoms with E-state index < -0.39 is 0 Å². The fourth-order valence-electron chi connectivity index (χ4n) is 2.65. The highest BCUT2D eigenvalue weighted by Crippen LogP contribution is 2.44. The van der Waals surface area contributed by atoms with Crippen LogP contribution in [0.15, 0.2) is 48.5 Å². The van der Waals surface area contributed by atoms with Crippen molar-refractivity contribution in [3.05, 3.63) is 59.7 Å². The summed E-state index contributed by atoms with van der Waals surface area (Å²) in [7, 11) is 1.73. The van der Waals surface area contributed by atoms with Gasteiger partial charge in [0.15, 0.2) is 0 Å². The van der Waals surface area contributed by atoms with E-state index in [1.54, 1.807) is 7.11 Å². The molecular weight excluding hydrogens is 246 g/mol. The Kier molecular flexibility index (Phi) is 3.64. The summed E-state index contributed by atoms with van der Waals surface area (Å²) in [5.74, 6) is 1.66. The van der Waals surface area contributed by atoms with Crippen molar-refractivity contribution >= 4 is 5.69 Å². The van der Waals surface area contributed by atoms with Gasteiger partial charge in [0, 0.05) is 0 Å². The number of benzene rings is 2. The third kappa shape index (κ3) is 2.79. The van der Waals surface area contributed by atoms with Gasteiger partial charge < -0.3 is 10.1 Å². The maximum absolute atomic E-state index is 5.50. The smallest absolute Gasteiger partial charge is 0.142 e. The molecule has 2 heteroatoms. The van der Waals surface area contributed by atoms with Gasteiger partial charge in [-0.25, -0.2) is 0 Å². The number of methoxy groups -OCH3 is 1. The molecule has 0 bridgehead atoms. The summed E-state index contributed by atoms with van der Waals surface area (Å²) >= 11 is 0. The third-order valence-corrected chi connectivity index (χ3v) is 3.92. The molecule has 0 radical (unpaired) electrons. The number of anilines is 1. The van der Waals surface area contributed by atoms with E-state index in [0.717, 1.165) is 17.4 Å². The first-order valence-electron chi connectivity index (χ1n) is 7.24. The molecular formula is C18H21NO. The van der Waals surface area contributed by atoms with Crippen LogP contribution < -0.4 is 10.1 Å². The van der Waals surface area contributed by atoms with Crippen LogP contribution in [0.5, 0.6) is 5.75 Å². The molecule has 2 nitrogen and oxygen atoms in total. The Labute approximate surface area is 120 Å². The Bertz CT molecular complexity index is 575. The van der Waals surface area contributed by atoms with Gasteiger partial charge in [0.2, 0.25) is 0 Å². The third-order valence-electron chi connectivity index (χ3n) is 3.92. The first kappa shape index (κ1) is 13.0. The molecule has 1 aliphatic rings. The molecule has 20 heavy (non-hydrogen) atoms. The van der Waals surface area contributed by atoms with E-state index >= 15 is 0 Å². The summed E-state index contributed by atoms with van der Waals surface area (Å²) in [6.07, 6.45) is 2.61. The van der Waals surface area contributed by atoms with Crippen LogP contribution in [0.3, 0.4) is 0 Å². The summed E-state index contributed by atoms with van der Waals surface area (Å²) in [4.78, 5) is 0. The van der Waals surface area contributed by atoms with Crippen molar-refractivity contribution in [2.75, 3.05) is 12.4 Å². The summed E-state index contributed by atoms with van der Waals surface area (Å²) in [5, 5.41) is 3.68. The Morgan fingerprint density at radius 3 is 2.50 bits per heavy atom. The van der Waals surface area contributed by atoms with Crippen molar-refractivity contribution in [3.8, 4) is 5.75 Å². The zero-order valence-electron chi connectivity index (χ0n) is 12.1. The van der Waals surface area contributed by atoms with E-state index in [1.807, 2.05) is 0 Å². The van der Waals surface area contributed by atoms with Crippen molar-refractivity contribution in [1.82, 2.24) is 0 Å². The van der Waals surface area contributed by atoms with Crippen molar-refractivity contribution in [1.29, 1.82) is 0 Å².